The highest BCUT2D eigenvalue weighted by molar-refractivity contribution is 7.99. The molecule has 6 rings (SSSR count). The van der Waals surface area contributed by atoms with Crippen LogP contribution in [0.5, 0.6) is 0 Å². The highest BCUT2D eigenvalue weighted by atomic mass is 32.2. The molecule has 1 aliphatic rings. The van der Waals surface area contributed by atoms with E-state index >= 15 is 0 Å². The van der Waals surface area contributed by atoms with Gasteiger partial charge in [-0.15, -0.1) is 10.2 Å². The van der Waals surface area contributed by atoms with Crippen molar-refractivity contribution in [2.24, 2.45) is 0 Å². The lowest BCUT2D eigenvalue weighted by Gasteiger charge is -2.28. The van der Waals surface area contributed by atoms with Gasteiger partial charge in [0.25, 0.3) is 5.56 Å². The van der Waals surface area contributed by atoms with Crippen LogP contribution in [0.1, 0.15) is 22.3 Å². The van der Waals surface area contributed by atoms with Gasteiger partial charge >= 0.3 is 0 Å². The molecule has 0 saturated carbocycles. The SMILES string of the molecule is Cc1ccc(Cn2c(=O)c3ccccc3n3c(SCC(=O)N4CCc5ccccc5C4)nnc23)cc1. The molecule has 0 fully saturated rings. The minimum absolute atomic E-state index is 0.0727. The van der Waals surface area contributed by atoms with Gasteiger partial charge in [-0.05, 0) is 42.2 Å². The van der Waals surface area contributed by atoms with Crippen LogP contribution < -0.4 is 5.56 Å². The Morgan fingerprint density at radius 2 is 1.69 bits per heavy atom. The summed E-state index contributed by atoms with van der Waals surface area (Å²) in [7, 11) is 0. The Labute approximate surface area is 212 Å². The predicted molar refractivity (Wildman–Crippen MR) is 141 cm³/mol. The van der Waals surface area contributed by atoms with E-state index in [-0.39, 0.29) is 17.2 Å². The van der Waals surface area contributed by atoms with E-state index in [0.29, 0.717) is 29.4 Å². The second kappa shape index (κ2) is 9.28. The fourth-order valence-electron chi connectivity index (χ4n) is 4.77. The Kier molecular flexibility index (Phi) is 5.81. The molecule has 1 amide bonds. The highest BCUT2D eigenvalue weighted by Crippen LogP contribution is 2.24. The van der Waals surface area contributed by atoms with E-state index < -0.39 is 0 Å². The van der Waals surface area contributed by atoms with E-state index in [2.05, 4.69) is 22.3 Å². The van der Waals surface area contributed by atoms with Gasteiger partial charge in [-0.25, -0.2) is 0 Å². The van der Waals surface area contributed by atoms with Crippen LogP contribution in [0.25, 0.3) is 16.7 Å². The van der Waals surface area contributed by atoms with Crippen LogP contribution in [0.15, 0.2) is 82.7 Å². The smallest absolute Gasteiger partial charge is 0.263 e. The van der Waals surface area contributed by atoms with E-state index in [0.717, 1.165) is 29.6 Å². The average Bonchev–Trinajstić information content (AvgIpc) is 3.34. The molecule has 180 valence electrons. The van der Waals surface area contributed by atoms with Crippen LogP contribution in [0, 0.1) is 6.92 Å². The maximum atomic E-state index is 13.4. The highest BCUT2D eigenvalue weighted by Gasteiger charge is 2.22. The van der Waals surface area contributed by atoms with Crippen LogP contribution in [0.4, 0.5) is 0 Å². The van der Waals surface area contributed by atoms with Crippen LogP contribution in [-0.2, 0) is 24.3 Å². The van der Waals surface area contributed by atoms with Crippen LogP contribution >= 0.6 is 11.8 Å². The number of hydrogen-bond acceptors (Lipinski definition) is 5. The number of hydrogen-bond donors (Lipinski definition) is 0. The first kappa shape index (κ1) is 22.5. The van der Waals surface area contributed by atoms with Crippen LogP contribution in [-0.4, -0.2) is 42.3 Å². The van der Waals surface area contributed by atoms with Crippen molar-refractivity contribution in [3.05, 3.63) is 105 Å². The predicted octanol–water partition coefficient (Wildman–Crippen LogP) is 4.08. The average molecular weight is 496 g/mol. The van der Waals surface area contributed by atoms with Gasteiger partial charge in [0.05, 0.1) is 23.2 Å². The lowest BCUT2D eigenvalue weighted by Crippen LogP contribution is -2.37. The third kappa shape index (κ3) is 4.07. The zero-order valence-corrected chi connectivity index (χ0v) is 20.7. The monoisotopic (exact) mass is 495 g/mol. The number of para-hydroxylation sites is 1. The Bertz CT molecular complexity index is 1660. The first-order valence-electron chi connectivity index (χ1n) is 12.0. The molecule has 0 radical (unpaired) electrons. The normalized spacial score (nSPS) is 13.3. The summed E-state index contributed by atoms with van der Waals surface area (Å²) >= 11 is 1.36. The van der Waals surface area contributed by atoms with E-state index in [9.17, 15) is 9.59 Å². The summed E-state index contributed by atoms with van der Waals surface area (Å²) < 4.78 is 3.56. The van der Waals surface area contributed by atoms with E-state index in [4.69, 9.17) is 0 Å². The van der Waals surface area contributed by atoms with Crippen molar-refractivity contribution < 1.29 is 4.79 Å². The van der Waals surface area contributed by atoms with Crippen molar-refractivity contribution in [2.75, 3.05) is 12.3 Å². The van der Waals surface area contributed by atoms with Crippen molar-refractivity contribution in [3.8, 4) is 0 Å². The number of nitrogens with zero attached hydrogens (tertiary/aromatic N) is 5. The second-order valence-electron chi connectivity index (χ2n) is 9.13. The number of thioether (sulfide) groups is 1. The molecule has 2 aromatic heterocycles. The molecule has 0 atom stereocenters. The van der Waals surface area contributed by atoms with E-state index in [1.54, 1.807) is 4.57 Å². The summed E-state index contributed by atoms with van der Waals surface area (Å²) in [5, 5.41) is 9.99. The molecule has 8 heteroatoms. The number of rotatable bonds is 5. The minimum Gasteiger partial charge on any atom is -0.337 e. The molecule has 3 heterocycles. The van der Waals surface area contributed by atoms with Crippen molar-refractivity contribution in [3.63, 3.8) is 0 Å². The van der Waals surface area contributed by atoms with Gasteiger partial charge in [0.2, 0.25) is 11.7 Å². The summed E-state index contributed by atoms with van der Waals surface area (Å²) in [4.78, 5) is 28.4. The summed E-state index contributed by atoms with van der Waals surface area (Å²) in [6.45, 7) is 3.78. The Balaban J connectivity index is 1.32. The molecule has 5 aromatic rings. The molecule has 7 nitrogen and oxygen atoms in total. The third-order valence-corrected chi connectivity index (χ3v) is 7.66. The van der Waals surface area contributed by atoms with Gasteiger partial charge in [0, 0.05) is 13.1 Å². The number of aromatic nitrogens is 4. The summed E-state index contributed by atoms with van der Waals surface area (Å²) in [6.07, 6.45) is 0.871. The van der Waals surface area contributed by atoms with Gasteiger partial charge in [-0.2, -0.15) is 0 Å². The molecule has 36 heavy (non-hydrogen) atoms. The Morgan fingerprint density at radius 1 is 0.944 bits per heavy atom. The number of aryl methyl sites for hydroxylation is 1. The van der Waals surface area contributed by atoms with Gasteiger partial charge < -0.3 is 4.90 Å². The Morgan fingerprint density at radius 3 is 2.53 bits per heavy atom. The van der Waals surface area contributed by atoms with Gasteiger partial charge in [0.15, 0.2) is 5.16 Å². The first-order chi connectivity index (χ1) is 17.6. The molecule has 0 N–H and O–H groups in total. The molecule has 0 saturated heterocycles. The quantitative estimate of drug-likeness (QED) is 0.344. The number of benzene rings is 3. The van der Waals surface area contributed by atoms with Crippen molar-refractivity contribution in [1.29, 1.82) is 0 Å². The fraction of sp³-hybridized carbons (Fsp3) is 0.214. The van der Waals surface area contributed by atoms with Gasteiger partial charge in [-0.3, -0.25) is 18.6 Å². The topological polar surface area (TPSA) is 72.5 Å². The molecule has 3 aromatic carbocycles. The fourth-order valence-corrected chi connectivity index (χ4v) is 5.61. The largest absolute Gasteiger partial charge is 0.337 e. The Hall–Kier alpha value is -3.91. The summed E-state index contributed by atoms with van der Waals surface area (Å²) in [5.74, 6) is 0.804. The lowest BCUT2D eigenvalue weighted by atomic mass is 10.00. The maximum Gasteiger partial charge on any atom is 0.263 e. The molecular weight excluding hydrogens is 470 g/mol. The van der Waals surface area contributed by atoms with E-state index in [1.807, 2.05) is 76.9 Å². The zero-order valence-electron chi connectivity index (χ0n) is 19.9. The van der Waals surface area contributed by atoms with Crippen molar-refractivity contribution >= 4 is 34.3 Å². The molecular formula is C28H25N5O2S. The van der Waals surface area contributed by atoms with Crippen molar-refractivity contribution in [2.45, 2.75) is 31.6 Å². The van der Waals surface area contributed by atoms with E-state index in [1.165, 1.54) is 22.9 Å². The lowest BCUT2D eigenvalue weighted by molar-refractivity contribution is -0.129. The number of fused-ring (bicyclic) bond motifs is 4. The van der Waals surface area contributed by atoms with Gasteiger partial charge in [-0.1, -0.05) is 78.0 Å². The molecule has 0 spiro atoms. The third-order valence-electron chi connectivity index (χ3n) is 6.75. The number of amides is 1. The zero-order chi connectivity index (χ0) is 24.6. The second-order valence-corrected chi connectivity index (χ2v) is 10.1. The standard InChI is InChI=1S/C28H25N5O2S/c1-19-10-12-20(13-11-19)16-32-26(35)23-8-4-5-9-24(23)33-27(32)29-30-28(33)36-18-25(34)31-15-14-21-6-2-3-7-22(21)17-31/h2-13H,14-18H2,1H3. The molecule has 0 unspecified atom stereocenters. The molecule has 0 aliphatic carbocycles. The molecule has 0 bridgehead atoms. The van der Waals surface area contributed by atoms with Crippen LogP contribution in [0.2, 0.25) is 0 Å². The van der Waals surface area contributed by atoms with Gasteiger partial charge in [0.1, 0.15) is 0 Å². The molecule has 1 aliphatic heterocycles. The minimum atomic E-state index is -0.106. The maximum absolute atomic E-state index is 13.4. The van der Waals surface area contributed by atoms with Crippen molar-refractivity contribution in [1.82, 2.24) is 24.1 Å². The number of carbonyl (C=O) groups excluding carboxylic acids is 1. The summed E-state index contributed by atoms with van der Waals surface area (Å²) in [6, 6.07) is 23.9. The first-order valence-corrected chi connectivity index (χ1v) is 13.0. The van der Waals surface area contributed by atoms with Crippen LogP contribution in [0.3, 0.4) is 0 Å². The number of carbonyl (C=O) groups is 1. The summed E-state index contributed by atoms with van der Waals surface area (Å²) in [5.41, 5.74) is 5.34.